The summed E-state index contributed by atoms with van der Waals surface area (Å²) in [4.78, 5) is 38.0. The van der Waals surface area contributed by atoms with Crippen LogP contribution in [0.4, 0.5) is 15.8 Å². The summed E-state index contributed by atoms with van der Waals surface area (Å²) in [6, 6.07) is 25.8. The topological polar surface area (TPSA) is 88.1 Å². The first-order valence-electron chi connectivity index (χ1n) is 14.9. The zero-order valence-corrected chi connectivity index (χ0v) is 26.9. The zero-order valence-electron chi connectivity index (χ0n) is 24.8. The number of halogens is 2. The van der Waals surface area contributed by atoms with Crippen molar-refractivity contribution in [1.82, 2.24) is 0 Å². The molecular weight excluding hydrogens is 684 g/mol. The number of anilines is 2. The van der Waals surface area contributed by atoms with E-state index in [2.05, 4.69) is 17.0 Å². The number of benzene rings is 4. The second-order valence-electron chi connectivity index (χ2n) is 10.7. The van der Waals surface area contributed by atoms with E-state index in [0.717, 1.165) is 49.0 Å². The second kappa shape index (κ2) is 15.6. The van der Waals surface area contributed by atoms with Crippen LogP contribution in [0.5, 0.6) is 0 Å². The molecule has 1 N–H and O–H groups in total. The van der Waals surface area contributed by atoms with E-state index in [1.54, 1.807) is 35.3 Å². The molecule has 1 aliphatic carbocycles. The molecule has 0 aromatic heterocycles. The van der Waals surface area contributed by atoms with Crippen LogP contribution in [-0.2, 0) is 14.3 Å². The predicted octanol–water partition coefficient (Wildman–Crippen LogP) is 4.17. The molecule has 232 valence electrons. The van der Waals surface area contributed by atoms with Gasteiger partial charge in [0.25, 0.3) is 0 Å². The molecule has 1 aliphatic rings. The first-order valence-corrected chi connectivity index (χ1v) is 17.1. The fourth-order valence-electron chi connectivity index (χ4n) is 5.19. The average molecular weight is 719 g/mol. The van der Waals surface area contributed by atoms with E-state index in [-0.39, 0.29) is 40.0 Å². The van der Waals surface area contributed by atoms with Gasteiger partial charge in [0.15, 0.2) is 0 Å². The standard InChI is InChI=1S/C36H34FIN3O4/c1-2-33(42)45-22-21-41(29-18-17-25-11-9-10-16-28(25)23-29)39-24-30-31(38-35(43)26-12-5-3-6-13-26)19-20-32(34(30)37)40-36(44)27-14-7-4-8-15-27/h2-3,5-6,9-13,16-20,23-24,27H,1,4,7-8,14-15,21-22H2,(H,40,44)/q-1/b39-24+. The van der Waals surface area contributed by atoms with Gasteiger partial charge in [-0.25, -0.2) is 0 Å². The van der Waals surface area contributed by atoms with E-state index in [4.69, 9.17) is 4.74 Å². The van der Waals surface area contributed by atoms with Gasteiger partial charge in [0, 0.05) is 0 Å². The molecule has 1 saturated carbocycles. The van der Waals surface area contributed by atoms with Crippen LogP contribution in [0.3, 0.4) is 0 Å². The Morgan fingerprint density at radius 3 is 2.44 bits per heavy atom. The molecule has 5 rings (SSSR count). The number of carbonyl (C=O) groups excluding carboxylic acids is 3. The number of nitrogens with zero attached hydrogens (tertiary/aromatic N) is 2. The molecule has 0 saturated heterocycles. The van der Waals surface area contributed by atoms with Crippen LogP contribution in [0.1, 0.15) is 48.0 Å². The van der Waals surface area contributed by atoms with E-state index in [9.17, 15) is 14.4 Å². The Morgan fingerprint density at radius 1 is 0.956 bits per heavy atom. The number of hydrogen-bond acceptors (Lipinski definition) is 6. The molecule has 0 spiro atoms. The third kappa shape index (κ3) is 8.42. The Labute approximate surface area is 272 Å². The normalized spacial score (nSPS) is 13.5. The van der Waals surface area contributed by atoms with E-state index >= 15 is 4.39 Å². The summed E-state index contributed by atoms with van der Waals surface area (Å²) in [5, 5.41) is 11.1. The summed E-state index contributed by atoms with van der Waals surface area (Å²) >= 11 is -1.32. The Bertz CT molecular complexity index is 1720. The van der Waals surface area contributed by atoms with Crippen LogP contribution >= 0.6 is 0 Å². The summed E-state index contributed by atoms with van der Waals surface area (Å²) in [6.07, 6.45) is 7.12. The van der Waals surface area contributed by atoms with Gasteiger partial charge >= 0.3 is 273 Å². The van der Waals surface area contributed by atoms with E-state index < -0.39 is 33.0 Å². The molecule has 0 aliphatic heterocycles. The molecule has 1 fully saturated rings. The molecule has 0 atom stereocenters. The Balaban J connectivity index is 1.49. The van der Waals surface area contributed by atoms with Crippen LogP contribution in [0, 0.1) is 15.3 Å². The van der Waals surface area contributed by atoms with Gasteiger partial charge in [-0.15, -0.1) is 0 Å². The average Bonchev–Trinajstić information content (AvgIpc) is 3.08. The van der Waals surface area contributed by atoms with Crippen molar-refractivity contribution in [3.05, 3.63) is 118 Å². The number of fused-ring (bicyclic) bond motifs is 1. The van der Waals surface area contributed by atoms with Crippen LogP contribution in [0.25, 0.3) is 10.8 Å². The van der Waals surface area contributed by atoms with Gasteiger partial charge in [-0.3, -0.25) is 0 Å². The molecular formula is C36H34FIN3O4-. The number of hydrogen-bond donors (Lipinski definition) is 1. The minimum absolute atomic E-state index is 0.0151. The SMILES string of the molecule is C=CC(=O)OCCN(/N=C/c1c([I-]C(=O)c2ccccc2)ccc(NC(=O)C2CCCCC2)c1F)c1ccc2ccccc2c1. The summed E-state index contributed by atoms with van der Waals surface area (Å²) in [5.41, 5.74) is 1.47. The Morgan fingerprint density at radius 2 is 1.69 bits per heavy atom. The first-order chi connectivity index (χ1) is 21.9. The molecule has 7 nitrogen and oxygen atoms in total. The van der Waals surface area contributed by atoms with Crippen molar-refractivity contribution >= 4 is 44.0 Å². The number of hydrazone groups is 1. The van der Waals surface area contributed by atoms with Crippen molar-refractivity contribution in [1.29, 1.82) is 0 Å². The van der Waals surface area contributed by atoms with Crippen LogP contribution in [0.2, 0.25) is 0 Å². The van der Waals surface area contributed by atoms with Gasteiger partial charge in [-0.2, -0.15) is 0 Å². The van der Waals surface area contributed by atoms with Crippen molar-refractivity contribution in [3.8, 4) is 0 Å². The fraction of sp³-hybridized carbons (Fsp3) is 0.222. The van der Waals surface area contributed by atoms with Crippen molar-refractivity contribution in [2.45, 2.75) is 32.1 Å². The quantitative estimate of drug-likeness (QED) is 0.0594. The predicted molar refractivity (Wildman–Crippen MR) is 171 cm³/mol. The molecule has 1 amide bonds. The van der Waals surface area contributed by atoms with Crippen LogP contribution in [0.15, 0.2) is 103 Å². The van der Waals surface area contributed by atoms with Gasteiger partial charge in [-0.05, 0) is 0 Å². The molecule has 0 radical (unpaired) electrons. The van der Waals surface area contributed by atoms with E-state index in [1.807, 2.05) is 48.5 Å². The summed E-state index contributed by atoms with van der Waals surface area (Å²) < 4.78 is 22.0. The number of carbonyl (C=O) groups is 3. The zero-order chi connectivity index (χ0) is 31.6. The number of esters is 1. The van der Waals surface area contributed by atoms with Gasteiger partial charge in [0.05, 0.1) is 0 Å². The maximum atomic E-state index is 16.3. The third-order valence-electron chi connectivity index (χ3n) is 7.62. The van der Waals surface area contributed by atoms with Gasteiger partial charge in [-0.1, -0.05) is 0 Å². The molecule has 4 aromatic rings. The molecule has 0 unspecified atom stereocenters. The van der Waals surface area contributed by atoms with Crippen molar-refractivity contribution in [3.63, 3.8) is 0 Å². The summed E-state index contributed by atoms with van der Waals surface area (Å²) in [7, 11) is 0. The maximum absolute atomic E-state index is 16.3. The van der Waals surface area contributed by atoms with Gasteiger partial charge in [0.1, 0.15) is 0 Å². The van der Waals surface area contributed by atoms with E-state index in [0.29, 0.717) is 14.8 Å². The van der Waals surface area contributed by atoms with Crippen molar-refractivity contribution < 1.29 is 44.7 Å². The van der Waals surface area contributed by atoms with Crippen molar-refractivity contribution in [2.24, 2.45) is 11.0 Å². The molecule has 0 bridgehead atoms. The summed E-state index contributed by atoms with van der Waals surface area (Å²) in [5.74, 6) is -1.54. The van der Waals surface area contributed by atoms with Crippen LogP contribution < -0.4 is 31.5 Å². The fourth-order valence-corrected chi connectivity index (χ4v) is 7.42. The molecule has 4 aromatic carbocycles. The van der Waals surface area contributed by atoms with Gasteiger partial charge in [0.2, 0.25) is 0 Å². The number of rotatable bonds is 12. The molecule has 0 heterocycles. The number of ether oxygens (including phenoxy) is 1. The van der Waals surface area contributed by atoms with Gasteiger partial charge < -0.3 is 0 Å². The van der Waals surface area contributed by atoms with Crippen LogP contribution in [-0.4, -0.2) is 35.0 Å². The third-order valence-corrected chi connectivity index (χ3v) is 10.3. The number of nitrogens with one attached hydrogen (secondary N) is 1. The molecule has 9 heteroatoms. The Kier molecular flexibility index (Phi) is 11.1. The number of amides is 1. The summed E-state index contributed by atoms with van der Waals surface area (Å²) in [6.45, 7) is 3.63. The van der Waals surface area contributed by atoms with Crippen molar-refractivity contribution in [2.75, 3.05) is 23.5 Å². The van der Waals surface area contributed by atoms with E-state index in [1.165, 1.54) is 12.3 Å². The Hall–Kier alpha value is -4.38. The minimum atomic E-state index is -1.32. The first kappa shape index (κ1) is 32.0. The second-order valence-corrected chi connectivity index (χ2v) is 13.3. The monoisotopic (exact) mass is 718 g/mol. The molecule has 45 heavy (non-hydrogen) atoms.